The summed E-state index contributed by atoms with van der Waals surface area (Å²) in [4.78, 5) is 0. The lowest BCUT2D eigenvalue weighted by Crippen LogP contribution is -2.38. The first-order valence-corrected chi connectivity index (χ1v) is 7.31. The van der Waals surface area contributed by atoms with Gasteiger partial charge in [0.1, 0.15) is 5.82 Å². The van der Waals surface area contributed by atoms with Gasteiger partial charge >= 0.3 is 0 Å². The maximum atomic E-state index is 13.7. The molecule has 2 N–H and O–H groups in total. The van der Waals surface area contributed by atoms with Gasteiger partial charge in [0.05, 0.1) is 0 Å². The number of benzene rings is 1. The molecule has 0 saturated heterocycles. The lowest BCUT2D eigenvalue weighted by molar-refractivity contribution is 0.236. The van der Waals surface area contributed by atoms with Gasteiger partial charge in [-0.15, -0.1) is 0 Å². The van der Waals surface area contributed by atoms with Gasteiger partial charge in [0, 0.05) is 10.5 Å². The summed E-state index contributed by atoms with van der Waals surface area (Å²) in [6.45, 7) is 8.73. The van der Waals surface area contributed by atoms with Crippen molar-refractivity contribution < 1.29 is 4.39 Å². The van der Waals surface area contributed by atoms with Crippen LogP contribution in [0.2, 0.25) is 0 Å². The number of halogens is 2. The minimum atomic E-state index is -0.167. The van der Waals surface area contributed by atoms with E-state index in [1.54, 1.807) is 6.07 Å². The third kappa shape index (κ3) is 4.06. The third-order valence-electron chi connectivity index (χ3n) is 3.50. The van der Waals surface area contributed by atoms with Gasteiger partial charge in [-0.05, 0) is 47.9 Å². The van der Waals surface area contributed by atoms with Crippen LogP contribution in [0, 0.1) is 23.6 Å². The minimum absolute atomic E-state index is 0.00574. The summed E-state index contributed by atoms with van der Waals surface area (Å²) in [5.74, 6) is 1.26. The molecule has 1 nitrogen and oxygen atoms in total. The van der Waals surface area contributed by atoms with E-state index in [1.165, 1.54) is 6.07 Å². The molecule has 1 rings (SSSR count). The van der Waals surface area contributed by atoms with Crippen LogP contribution in [0.3, 0.4) is 0 Å². The topological polar surface area (TPSA) is 26.0 Å². The van der Waals surface area contributed by atoms with Gasteiger partial charge in [-0.1, -0.05) is 43.6 Å². The molecule has 1 unspecified atom stereocenters. The highest BCUT2D eigenvalue weighted by molar-refractivity contribution is 9.10. The third-order valence-corrected chi connectivity index (χ3v) is 3.99. The van der Waals surface area contributed by atoms with E-state index in [2.05, 4.69) is 43.6 Å². The second kappa shape index (κ2) is 6.67. The second-order valence-corrected chi connectivity index (χ2v) is 6.58. The Kier molecular flexibility index (Phi) is 5.80. The lowest BCUT2D eigenvalue weighted by atomic mass is 9.78. The smallest absolute Gasteiger partial charge is 0.126 e. The largest absolute Gasteiger partial charge is 0.327 e. The first-order chi connectivity index (χ1) is 8.32. The monoisotopic (exact) mass is 315 g/mol. The first kappa shape index (κ1) is 15.6. The summed E-state index contributed by atoms with van der Waals surface area (Å²) in [7, 11) is 0. The van der Waals surface area contributed by atoms with Crippen molar-refractivity contribution in [1.29, 1.82) is 0 Å². The number of hydrogen-bond donors (Lipinski definition) is 1. The molecule has 0 amide bonds. The fourth-order valence-corrected chi connectivity index (χ4v) is 3.26. The van der Waals surface area contributed by atoms with Gasteiger partial charge < -0.3 is 5.73 Å². The van der Waals surface area contributed by atoms with Crippen molar-refractivity contribution in [1.82, 2.24) is 0 Å². The predicted molar refractivity (Wildman–Crippen MR) is 78.9 cm³/mol. The number of nitrogens with two attached hydrogens (primary N) is 1. The summed E-state index contributed by atoms with van der Waals surface area (Å²) in [5, 5.41) is 0. The highest BCUT2D eigenvalue weighted by Crippen LogP contribution is 2.26. The highest BCUT2D eigenvalue weighted by Gasteiger charge is 2.25. The standard InChI is InChI=1S/C15H23BrFN/c1-9(2)15(10(3)4)14(18)8-11-7-12(16)5-6-13(11)17/h5-7,9-10,14-15H,8,18H2,1-4H3. The summed E-state index contributed by atoms with van der Waals surface area (Å²) < 4.78 is 14.6. The van der Waals surface area contributed by atoms with Gasteiger partial charge in [0.25, 0.3) is 0 Å². The van der Waals surface area contributed by atoms with E-state index in [1.807, 2.05) is 6.07 Å². The molecule has 0 aliphatic rings. The van der Waals surface area contributed by atoms with Crippen LogP contribution in [-0.2, 0) is 6.42 Å². The van der Waals surface area contributed by atoms with Crippen LogP contribution >= 0.6 is 15.9 Å². The van der Waals surface area contributed by atoms with E-state index in [4.69, 9.17) is 5.73 Å². The fraction of sp³-hybridized carbons (Fsp3) is 0.600. The van der Waals surface area contributed by atoms with Gasteiger partial charge in [-0.3, -0.25) is 0 Å². The Bertz CT molecular complexity index is 382. The molecule has 0 heterocycles. The van der Waals surface area contributed by atoms with Gasteiger partial charge in [0.2, 0.25) is 0 Å². The lowest BCUT2D eigenvalue weighted by Gasteiger charge is -2.31. The van der Waals surface area contributed by atoms with Crippen molar-refractivity contribution in [3.05, 3.63) is 34.1 Å². The van der Waals surface area contributed by atoms with Gasteiger partial charge in [0.15, 0.2) is 0 Å². The Hall–Kier alpha value is -0.410. The molecule has 0 spiro atoms. The van der Waals surface area contributed by atoms with Crippen molar-refractivity contribution in [2.24, 2.45) is 23.5 Å². The van der Waals surface area contributed by atoms with E-state index < -0.39 is 0 Å². The van der Waals surface area contributed by atoms with Crippen molar-refractivity contribution in [2.45, 2.75) is 40.2 Å². The predicted octanol–water partition coefficient (Wildman–Crippen LogP) is 4.39. The van der Waals surface area contributed by atoms with Crippen LogP contribution in [0.4, 0.5) is 4.39 Å². The summed E-state index contributed by atoms with van der Waals surface area (Å²) in [5.41, 5.74) is 6.99. The molecule has 0 aliphatic carbocycles. The normalized spacial score (nSPS) is 13.7. The second-order valence-electron chi connectivity index (χ2n) is 5.67. The minimum Gasteiger partial charge on any atom is -0.327 e. The molecule has 0 fully saturated rings. The van der Waals surface area contributed by atoms with Crippen LogP contribution in [0.25, 0.3) is 0 Å². The molecule has 0 bridgehead atoms. The zero-order valence-corrected chi connectivity index (χ0v) is 13.2. The maximum absolute atomic E-state index is 13.7. The Balaban J connectivity index is 2.85. The molecule has 1 aromatic rings. The highest BCUT2D eigenvalue weighted by atomic mass is 79.9. The molecule has 0 aromatic heterocycles. The zero-order valence-electron chi connectivity index (χ0n) is 11.6. The number of hydrogen-bond acceptors (Lipinski definition) is 1. The Labute approximate surface area is 118 Å². The first-order valence-electron chi connectivity index (χ1n) is 6.52. The van der Waals surface area contributed by atoms with E-state index in [0.717, 1.165) is 4.47 Å². The van der Waals surface area contributed by atoms with Gasteiger partial charge in [-0.25, -0.2) is 4.39 Å². The molecule has 102 valence electrons. The SMILES string of the molecule is CC(C)C(C(C)C)C(N)Cc1cc(Br)ccc1F. The summed E-state index contributed by atoms with van der Waals surface area (Å²) >= 11 is 3.37. The average molecular weight is 316 g/mol. The molecule has 18 heavy (non-hydrogen) atoms. The van der Waals surface area contributed by atoms with Crippen LogP contribution in [0.5, 0.6) is 0 Å². The Morgan fingerprint density at radius 3 is 2.22 bits per heavy atom. The van der Waals surface area contributed by atoms with Crippen molar-refractivity contribution in [2.75, 3.05) is 0 Å². The number of rotatable bonds is 5. The fourth-order valence-electron chi connectivity index (χ4n) is 2.85. The molecule has 0 aliphatic heterocycles. The summed E-state index contributed by atoms with van der Waals surface area (Å²) in [6, 6.07) is 5.03. The average Bonchev–Trinajstić information content (AvgIpc) is 2.22. The molecule has 1 aromatic carbocycles. The quantitative estimate of drug-likeness (QED) is 0.857. The van der Waals surface area contributed by atoms with Gasteiger partial charge in [-0.2, -0.15) is 0 Å². The maximum Gasteiger partial charge on any atom is 0.126 e. The van der Waals surface area contributed by atoms with Crippen LogP contribution in [0.1, 0.15) is 33.3 Å². The van der Waals surface area contributed by atoms with Crippen molar-refractivity contribution in [3.63, 3.8) is 0 Å². The molecule has 0 radical (unpaired) electrons. The van der Waals surface area contributed by atoms with Crippen LogP contribution in [-0.4, -0.2) is 6.04 Å². The van der Waals surface area contributed by atoms with E-state index in [0.29, 0.717) is 29.7 Å². The van der Waals surface area contributed by atoms with Crippen molar-refractivity contribution in [3.8, 4) is 0 Å². The van der Waals surface area contributed by atoms with E-state index in [-0.39, 0.29) is 11.9 Å². The molecule has 3 heteroatoms. The molecule has 1 atom stereocenters. The van der Waals surface area contributed by atoms with E-state index >= 15 is 0 Å². The van der Waals surface area contributed by atoms with E-state index in [9.17, 15) is 4.39 Å². The zero-order chi connectivity index (χ0) is 13.9. The van der Waals surface area contributed by atoms with Crippen LogP contribution < -0.4 is 5.73 Å². The molecular weight excluding hydrogens is 293 g/mol. The molecule has 0 saturated carbocycles. The van der Waals surface area contributed by atoms with Crippen LogP contribution in [0.15, 0.2) is 22.7 Å². The summed E-state index contributed by atoms with van der Waals surface area (Å²) in [6.07, 6.45) is 0.590. The Morgan fingerprint density at radius 1 is 1.17 bits per heavy atom. The molecular formula is C15H23BrFN. The Morgan fingerprint density at radius 2 is 1.72 bits per heavy atom. The van der Waals surface area contributed by atoms with Crippen molar-refractivity contribution >= 4 is 15.9 Å².